The second-order valence-corrected chi connectivity index (χ2v) is 4.32. The van der Waals surface area contributed by atoms with Crippen LogP contribution in [0.3, 0.4) is 0 Å². The van der Waals surface area contributed by atoms with Crippen molar-refractivity contribution < 1.29 is 37.1 Å². The van der Waals surface area contributed by atoms with E-state index in [0.717, 1.165) is 18.2 Å². The summed E-state index contributed by atoms with van der Waals surface area (Å²) in [5.74, 6) is -8.30. The zero-order chi connectivity index (χ0) is 15.9. The Morgan fingerprint density at radius 2 is 1.76 bits per heavy atom. The van der Waals surface area contributed by atoms with E-state index in [9.17, 15) is 31.9 Å². The van der Waals surface area contributed by atoms with E-state index >= 15 is 0 Å². The minimum atomic E-state index is -4.54. The number of fused-ring (bicyclic) bond motifs is 1. The number of halogens is 4. The molecule has 0 unspecified atom stereocenters. The van der Waals surface area contributed by atoms with E-state index in [4.69, 9.17) is 5.11 Å². The summed E-state index contributed by atoms with van der Waals surface area (Å²) in [4.78, 5) is 34.3. The van der Waals surface area contributed by atoms with Gasteiger partial charge in [-0.15, -0.1) is 0 Å². The third kappa shape index (κ3) is 2.46. The molecule has 1 aromatic rings. The maximum absolute atomic E-state index is 13.0. The van der Waals surface area contributed by atoms with E-state index < -0.39 is 42.2 Å². The summed E-state index contributed by atoms with van der Waals surface area (Å²) in [5.41, 5.74) is -1.02. The summed E-state index contributed by atoms with van der Waals surface area (Å²) in [6.45, 7) is -1.76. The van der Waals surface area contributed by atoms with E-state index in [0.29, 0.717) is 0 Å². The first-order valence-electron chi connectivity index (χ1n) is 5.54. The first-order chi connectivity index (χ1) is 9.65. The van der Waals surface area contributed by atoms with Crippen LogP contribution in [-0.2, 0) is 0 Å². The first kappa shape index (κ1) is 14.9. The molecule has 1 aliphatic heterocycles. The van der Waals surface area contributed by atoms with E-state index in [1.54, 1.807) is 0 Å². The fourth-order valence-corrected chi connectivity index (χ4v) is 1.85. The number of benzene rings is 1. The average Bonchev–Trinajstić information content (AvgIpc) is 2.63. The highest BCUT2D eigenvalue weighted by Gasteiger charge is 2.48. The van der Waals surface area contributed by atoms with Crippen molar-refractivity contribution in [2.75, 3.05) is 6.54 Å². The Morgan fingerprint density at radius 1 is 1.19 bits per heavy atom. The molecule has 5 nitrogen and oxygen atoms in total. The lowest BCUT2D eigenvalue weighted by Crippen LogP contribution is -2.44. The van der Waals surface area contributed by atoms with Crippen LogP contribution in [0, 0.1) is 0 Å². The number of aromatic carboxylic acids is 1. The van der Waals surface area contributed by atoms with Crippen molar-refractivity contribution in [3.63, 3.8) is 0 Å². The van der Waals surface area contributed by atoms with Crippen LogP contribution in [0.4, 0.5) is 17.6 Å². The van der Waals surface area contributed by atoms with Crippen molar-refractivity contribution in [2.45, 2.75) is 12.3 Å². The van der Waals surface area contributed by atoms with Gasteiger partial charge in [0, 0.05) is 0 Å². The molecule has 0 fully saturated rings. The second kappa shape index (κ2) is 4.83. The van der Waals surface area contributed by atoms with Gasteiger partial charge < -0.3 is 5.11 Å². The summed E-state index contributed by atoms with van der Waals surface area (Å²) in [6.07, 6.45) is -4.03. The molecule has 112 valence electrons. The zero-order valence-electron chi connectivity index (χ0n) is 10.1. The Bertz CT molecular complexity index is 644. The summed E-state index contributed by atoms with van der Waals surface area (Å²) >= 11 is 0. The summed E-state index contributed by atoms with van der Waals surface area (Å²) < 4.78 is 50.3. The maximum Gasteiger partial charge on any atom is 0.335 e. The quantitative estimate of drug-likeness (QED) is 0.681. The molecule has 1 heterocycles. The molecule has 0 atom stereocenters. The Labute approximate surface area is 114 Å². The van der Waals surface area contributed by atoms with Gasteiger partial charge in [0.1, 0.15) is 0 Å². The molecule has 0 aromatic heterocycles. The fourth-order valence-electron chi connectivity index (χ4n) is 1.85. The minimum Gasteiger partial charge on any atom is -0.478 e. The number of carbonyl (C=O) groups is 3. The topological polar surface area (TPSA) is 74.7 Å². The molecule has 2 rings (SSSR count). The molecular weight excluding hydrogens is 298 g/mol. The lowest BCUT2D eigenvalue weighted by molar-refractivity contribution is -0.134. The van der Waals surface area contributed by atoms with E-state index in [2.05, 4.69) is 0 Å². The number of nitrogens with zero attached hydrogens (tertiary/aromatic N) is 1. The van der Waals surface area contributed by atoms with Gasteiger partial charge >= 0.3 is 18.3 Å². The van der Waals surface area contributed by atoms with Gasteiger partial charge in [0.2, 0.25) is 0 Å². The third-order valence-electron chi connectivity index (χ3n) is 2.91. The van der Waals surface area contributed by atoms with E-state index in [1.165, 1.54) is 0 Å². The molecule has 0 saturated carbocycles. The standard InChI is InChI=1S/C12H7F4NO4/c13-11(14)12(15,16)4-17-8(18)6-2-1-5(10(20)21)3-7(6)9(17)19/h1-3,11H,4H2,(H,20,21). The van der Waals surface area contributed by atoms with Crippen LogP contribution in [0.1, 0.15) is 31.1 Å². The van der Waals surface area contributed by atoms with Crippen LogP contribution in [0.15, 0.2) is 18.2 Å². The zero-order valence-corrected chi connectivity index (χ0v) is 10.1. The highest BCUT2D eigenvalue weighted by Crippen LogP contribution is 2.30. The number of carboxylic acids is 1. The molecule has 0 spiro atoms. The van der Waals surface area contributed by atoms with Crippen LogP contribution < -0.4 is 0 Å². The van der Waals surface area contributed by atoms with Crippen molar-refractivity contribution in [3.05, 3.63) is 34.9 Å². The smallest absolute Gasteiger partial charge is 0.335 e. The Morgan fingerprint density at radius 3 is 2.29 bits per heavy atom. The van der Waals surface area contributed by atoms with Crippen molar-refractivity contribution in [1.29, 1.82) is 0 Å². The average molecular weight is 305 g/mol. The monoisotopic (exact) mass is 305 g/mol. The van der Waals surface area contributed by atoms with Crippen molar-refractivity contribution in [1.82, 2.24) is 4.90 Å². The van der Waals surface area contributed by atoms with Crippen molar-refractivity contribution in [3.8, 4) is 0 Å². The Hall–Kier alpha value is -2.45. The number of hydrogen-bond acceptors (Lipinski definition) is 3. The van der Waals surface area contributed by atoms with E-state index in [1.807, 2.05) is 0 Å². The Balaban J connectivity index is 2.37. The largest absolute Gasteiger partial charge is 0.478 e. The predicted molar refractivity (Wildman–Crippen MR) is 59.7 cm³/mol. The van der Waals surface area contributed by atoms with Gasteiger partial charge in [0.15, 0.2) is 0 Å². The second-order valence-electron chi connectivity index (χ2n) is 4.32. The van der Waals surface area contributed by atoms with Crippen LogP contribution in [0.5, 0.6) is 0 Å². The summed E-state index contributed by atoms with van der Waals surface area (Å²) in [5, 5.41) is 8.76. The number of carbonyl (C=O) groups excluding carboxylic acids is 2. The number of alkyl halides is 4. The van der Waals surface area contributed by atoms with Gasteiger partial charge in [-0.3, -0.25) is 14.5 Å². The molecule has 0 saturated heterocycles. The molecule has 1 aromatic carbocycles. The SMILES string of the molecule is O=C(O)c1ccc2c(c1)C(=O)N(CC(F)(F)C(F)F)C2=O. The normalized spacial score (nSPS) is 14.8. The highest BCUT2D eigenvalue weighted by molar-refractivity contribution is 6.22. The molecule has 0 radical (unpaired) electrons. The van der Waals surface area contributed by atoms with Gasteiger partial charge in [-0.05, 0) is 18.2 Å². The van der Waals surface area contributed by atoms with Crippen molar-refractivity contribution >= 4 is 17.8 Å². The molecule has 2 amide bonds. The molecule has 0 aliphatic carbocycles. The molecule has 21 heavy (non-hydrogen) atoms. The molecule has 1 aliphatic rings. The summed E-state index contributed by atoms with van der Waals surface area (Å²) in [6, 6.07) is 2.85. The third-order valence-corrected chi connectivity index (χ3v) is 2.91. The number of hydrogen-bond donors (Lipinski definition) is 1. The lowest BCUT2D eigenvalue weighted by Gasteiger charge is -2.21. The minimum absolute atomic E-state index is 0.0115. The van der Waals surface area contributed by atoms with Gasteiger partial charge in [0.05, 0.1) is 23.2 Å². The lowest BCUT2D eigenvalue weighted by atomic mass is 10.1. The van der Waals surface area contributed by atoms with Crippen LogP contribution in [0.2, 0.25) is 0 Å². The molecule has 9 heteroatoms. The van der Waals surface area contributed by atoms with Crippen LogP contribution in [-0.4, -0.2) is 46.7 Å². The van der Waals surface area contributed by atoms with E-state index in [-0.39, 0.29) is 16.0 Å². The van der Waals surface area contributed by atoms with Gasteiger partial charge in [-0.2, -0.15) is 8.78 Å². The predicted octanol–water partition coefficient (Wildman–Crippen LogP) is 1.88. The van der Waals surface area contributed by atoms with Crippen molar-refractivity contribution in [2.24, 2.45) is 0 Å². The van der Waals surface area contributed by atoms with Crippen LogP contribution in [0.25, 0.3) is 0 Å². The summed E-state index contributed by atoms with van der Waals surface area (Å²) in [7, 11) is 0. The molecular formula is C12H7F4NO4. The Kier molecular flexibility index (Phi) is 3.44. The number of rotatable bonds is 4. The van der Waals surface area contributed by atoms with Gasteiger partial charge in [0.25, 0.3) is 11.8 Å². The number of amides is 2. The van der Waals surface area contributed by atoms with Crippen LogP contribution >= 0.6 is 0 Å². The fraction of sp³-hybridized carbons (Fsp3) is 0.250. The molecule has 0 bridgehead atoms. The maximum atomic E-state index is 13.0. The van der Waals surface area contributed by atoms with Gasteiger partial charge in [-0.25, -0.2) is 13.6 Å². The highest BCUT2D eigenvalue weighted by atomic mass is 19.3. The molecule has 1 N–H and O–H groups in total. The first-order valence-corrected chi connectivity index (χ1v) is 5.54. The number of imide groups is 1. The number of carboxylic acid groups (broad SMARTS) is 1. The van der Waals surface area contributed by atoms with Gasteiger partial charge in [-0.1, -0.05) is 0 Å².